The molecule has 4 atom stereocenters. The molecule has 0 saturated carbocycles. The Bertz CT molecular complexity index is 1350. The zero-order valence-corrected chi connectivity index (χ0v) is 43.2. The van der Waals surface area contributed by atoms with Crippen molar-refractivity contribution in [3.8, 4) is 0 Å². The molecule has 0 aromatic heterocycles. The molecule has 0 radical (unpaired) electrons. The van der Waals surface area contributed by atoms with E-state index in [1.165, 1.54) is 83.5 Å². The van der Waals surface area contributed by atoms with Gasteiger partial charge in [-0.15, -0.1) is 0 Å². The first kappa shape index (κ1) is 62.6. The summed E-state index contributed by atoms with van der Waals surface area (Å²) < 4.78 is 23.5. The van der Waals surface area contributed by atoms with Crippen molar-refractivity contribution >= 4 is 13.7 Å². The number of carbonyl (C=O) groups is 1. The summed E-state index contributed by atoms with van der Waals surface area (Å²) in [7, 11) is 1.40. The van der Waals surface area contributed by atoms with Crippen LogP contribution in [0.5, 0.6) is 0 Å². The first-order valence-corrected chi connectivity index (χ1v) is 27.5. The lowest BCUT2D eigenvalue weighted by Gasteiger charge is -2.28. The number of rotatable bonds is 46. The number of nitrogens with one attached hydrogen (secondary N) is 1. The molecule has 0 fully saturated rings. The molecule has 10 heteroatoms. The first-order chi connectivity index (χ1) is 31.4. The van der Waals surface area contributed by atoms with E-state index in [0.717, 1.165) is 77.0 Å². The van der Waals surface area contributed by atoms with Crippen molar-refractivity contribution in [2.45, 2.75) is 218 Å². The number of allylic oxidation sites excluding steroid dienone is 14. The van der Waals surface area contributed by atoms with Crippen LogP contribution in [0, 0.1) is 0 Å². The average Bonchev–Trinajstić information content (AvgIpc) is 3.26. The minimum atomic E-state index is -4.44. The largest absolute Gasteiger partial charge is 0.472 e. The summed E-state index contributed by atoms with van der Waals surface area (Å²) in [6, 6.07) is -1.06. The number of likely N-dealkylation sites (N-methyl/N-ethyl adjacent to an activating group) is 1. The number of quaternary nitrogens is 1. The van der Waals surface area contributed by atoms with Gasteiger partial charge in [0.1, 0.15) is 19.3 Å². The topological polar surface area (TPSA) is 125 Å². The van der Waals surface area contributed by atoms with Gasteiger partial charge < -0.3 is 24.9 Å². The Morgan fingerprint density at radius 1 is 0.569 bits per heavy atom. The van der Waals surface area contributed by atoms with Gasteiger partial charge in [-0.05, 0) is 96.8 Å². The zero-order valence-electron chi connectivity index (χ0n) is 42.3. The summed E-state index contributed by atoms with van der Waals surface area (Å²) in [6.45, 7) is 4.24. The molecule has 0 saturated heterocycles. The quantitative estimate of drug-likeness (QED) is 0.0207. The number of unbranched alkanes of at least 4 members (excludes halogenated alkanes) is 19. The van der Waals surface area contributed by atoms with Crippen LogP contribution in [0.4, 0.5) is 0 Å². The second kappa shape index (κ2) is 45.4. The second-order valence-corrected chi connectivity index (χ2v) is 20.1. The van der Waals surface area contributed by atoms with Gasteiger partial charge >= 0.3 is 7.82 Å². The number of hydrogen-bond donors (Lipinski definition) is 4. The number of amides is 1. The molecule has 0 aromatic carbocycles. The van der Waals surface area contributed by atoms with Crippen molar-refractivity contribution in [3.05, 3.63) is 85.1 Å². The highest BCUT2D eigenvalue weighted by Crippen LogP contribution is 2.43. The van der Waals surface area contributed by atoms with E-state index in [2.05, 4.69) is 97.3 Å². The van der Waals surface area contributed by atoms with Crippen LogP contribution >= 0.6 is 7.82 Å². The fraction of sp³-hybridized carbons (Fsp3) is 0.727. The van der Waals surface area contributed by atoms with Gasteiger partial charge in [0, 0.05) is 6.42 Å². The third kappa shape index (κ3) is 46.5. The second-order valence-electron chi connectivity index (χ2n) is 18.6. The minimum Gasteiger partial charge on any atom is -0.390 e. The number of nitrogens with zero attached hydrogens (tertiary/aromatic N) is 1. The maximum Gasteiger partial charge on any atom is 0.472 e. The van der Waals surface area contributed by atoms with E-state index in [4.69, 9.17) is 9.05 Å². The number of phosphoric ester groups is 1. The van der Waals surface area contributed by atoms with Crippen molar-refractivity contribution in [1.82, 2.24) is 5.32 Å². The van der Waals surface area contributed by atoms with E-state index in [1.54, 1.807) is 0 Å². The molecule has 376 valence electrons. The molecule has 4 unspecified atom stereocenters. The molecule has 9 nitrogen and oxygen atoms in total. The Morgan fingerprint density at radius 3 is 1.48 bits per heavy atom. The van der Waals surface area contributed by atoms with Crippen molar-refractivity contribution in [1.29, 1.82) is 0 Å². The molecular weight excluding hydrogens is 832 g/mol. The Balaban J connectivity index is 4.23. The number of hydrogen-bond acceptors (Lipinski definition) is 6. The fourth-order valence-corrected chi connectivity index (χ4v) is 7.91. The van der Waals surface area contributed by atoms with Gasteiger partial charge in [0.15, 0.2) is 0 Å². The molecule has 65 heavy (non-hydrogen) atoms. The van der Waals surface area contributed by atoms with Crippen molar-refractivity contribution < 1.29 is 38.0 Å². The third-order valence-electron chi connectivity index (χ3n) is 11.3. The monoisotopic (exact) mass is 932 g/mol. The first-order valence-electron chi connectivity index (χ1n) is 26.0. The van der Waals surface area contributed by atoms with Crippen LogP contribution in [0.3, 0.4) is 0 Å². The Labute approximate surface area is 399 Å². The maximum atomic E-state index is 13.0. The number of aliphatic hydroxyl groups excluding tert-OH is 2. The summed E-state index contributed by atoms with van der Waals surface area (Å²) >= 11 is 0. The van der Waals surface area contributed by atoms with E-state index in [1.807, 2.05) is 28.1 Å². The Hall–Kier alpha value is -2.36. The molecule has 0 aromatic rings. The lowest BCUT2D eigenvalue weighted by molar-refractivity contribution is -0.870. The van der Waals surface area contributed by atoms with Gasteiger partial charge in [0.25, 0.3) is 0 Å². The van der Waals surface area contributed by atoms with Gasteiger partial charge in [0.2, 0.25) is 5.91 Å². The van der Waals surface area contributed by atoms with Crippen LogP contribution in [0.15, 0.2) is 85.1 Å². The molecular formula is C55H100N2O7P+. The SMILES string of the molecule is C/C=C/CC/C=C/CC/C=C/CCCC(O)C(O)C(COP(=O)(O)OCC[N+](C)(C)C)NC(=O)CCCCCCCCCCCCCCCCCC/C=C\C/C=C\C/C=C\C/C=C\CC. The van der Waals surface area contributed by atoms with Gasteiger partial charge in [0.05, 0.1) is 39.9 Å². The van der Waals surface area contributed by atoms with Gasteiger partial charge in [-0.25, -0.2) is 4.57 Å². The van der Waals surface area contributed by atoms with Crippen molar-refractivity contribution in [2.75, 3.05) is 40.9 Å². The van der Waals surface area contributed by atoms with E-state index in [9.17, 15) is 24.5 Å². The minimum absolute atomic E-state index is 0.00936. The van der Waals surface area contributed by atoms with Crippen LogP contribution in [-0.2, 0) is 18.4 Å². The molecule has 0 bridgehead atoms. The van der Waals surface area contributed by atoms with Crippen LogP contribution in [0.2, 0.25) is 0 Å². The highest BCUT2D eigenvalue weighted by Gasteiger charge is 2.31. The smallest absolute Gasteiger partial charge is 0.390 e. The van der Waals surface area contributed by atoms with Gasteiger partial charge in [-0.3, -0.25) is 13.8 Å². The van der Waals surface area contributed by atoms with Crippen LogP contribution in [-0.4, -0.2) is 84.6 Å². The third-order valence-corrected chi connectivity index (χ3v) is 12.3. The zero-order chi connectivity index (χ0) is 48.0. The lowest BCUT2D eigenvalue weighted by Crippen LogP contribution is -2.51. The molecule has 1 amide bonds. The summed E-state index contributed by atoms with van der Waals surface area (Å²) in [6.07, 6.45) is 59.7. The predicted octanol–water partition coefficient (Wildman–Crippen LogP) is 14.3. The summed E-state index contributed by atoms with van der Waals surface area (Å²) in [5.41, 5.74) is 0. The number of carbonyl (C=O) groups excluding carboxylic acids is 1. The predicted molar refractivity (Wildman–Crippen MR) is 278 cm³/mol. The maximum absolute atomic E-state index is 13.0. The van der Waals surface area contributed by atoms with Gasteiger partial charge in [-0.2, -0.15) is 0 Å². The lowest BCUT2D eigenvalue weighted by atomic mass is 10.0. The van der Waals surface area contributed by atoms with Crippen LogP contribution in [0.25, 0.3) is 0 Å². The molecule has 4 N–H and O–H groups in total. The summed E-state index contributed by atoms with van der Waals surface area (Å²) in [5.74, 6) is -0.278. The standard InChI is InChI=1S/C55H99N2O7P/c1-6-8-10-12-14-16-18-20-21-22-23-24-25-26-27-28-29-30-31-32-33-34-35-36-38-40-42-44-46-48-54(59)56-52(51-64-65(61,62)63-50-49-57(3,4)5)55(60)53(58)47-45-43-41-39-37-19-17-15-13-11-9-7-2/h7-10,14-17,20-21,23-24,39,41,52-53,55,58,60H,6,11-13,18-19,22,25-38,40,42-51H2,1-5H3,(H-,56,59,61,62)/p+1/b9-7+,10-8-,16-14-,17-15+,21-20-,24-23-,41-39+. The Kier molecular flexibility index (Phi) is 43.8. The van der Waals surface area contributed by atoms with Gasteiger partial charge in [-0.1, -0.05) is 182 Å². The molecule has 0 aliphatic rings. The van der Waals surface area contributed by atoms with Crippen LogP contribution in [0.1, 0.15) is 200 Å². The number of phosphoric acid groups is 1. The summed E-state index contributed by atoms with van der Waals surface area (Å²) in [4.78, 5) is 23.3. The molecule has 0 rings (SSSR count). The van der Waals surface area contributed by atoms with E-state index >= 15 is 0 Å². The molecule has 0 heterocycles. The molecule has 0 spiro atoms. The Morgan fingerprint density at radius 2 is 0.985 bits per heavy atom. The van der Waals surface area contributed by atoms with E-state index in [-0.39, 0.29) is 18.9 Å². The highest BCUT2D eigenvalue weighted by molar-refractivity contribution is 7.47. The fourth-order valence-electron chi connectivity index (χ4n) is 7.17. The van der Waals surface area contributed by atoms with Crippen molar-refractivity contribution in [3.63, 3.8) is 0 Å². The van der Waals surface area contributed by atoms with E-state index in [0.29, 0.717) is 30.3 Å². The number of aliphatic hydroxyl groups is 2. The van der Waals surface area contributed by atoms with Crippen LogP contribution < -0.4 is 5.32 Å². The van der Waals surface area contributed by atoms with E-state index < -0.39 is 32.7 Å². The normalized spacial score (nSPS) is 15.3. The highest BCUT2D eigenvalue weighted by atomic mass is 31.2. The molecule has 0 aliphatic heterocycles. The van der Waals surface area contributed by atoms with Crippen molar-refractivity contribution in [2.24, 2.45) is 0 Å². The molecule has 0 aliphatic carbocycles. The average molecular weight is 932 g/mol. The summed E-state index contributed by atoms with van der Waals surface area (Å²) in [5, 5.41) is 24.7.